The Bertz CT molecular complexity index is 228. The smallest absolute Gasteiger partial charge is 0.388 e. The van der Waals surface area contributed by atoms with Crippen molar-refractivity contribution in [3.05, 3.63) is 17.5 Å². The van der Waals surface area contributed by atoms with Gasteiger partial charge in [0.2, 0.25) is 5.88 Å². The summed E-state index contributed by atoms with van der Waals surface area (Å²) in [5.74, 6) is -0.246. The summed E-state index contributed by atoms with van der Waals surface area (Å²) in [5, 5.41) is 0.131. The lowest BCUT2D eigenvalue weighted by molar-refractivity contribution is -0.0531. The molecule has 0 atom stereocenters. The Morgan fingerprint density at radius 3 is 2.55 bits per heavy atom. The zero-order valence-corrected chi connectivity index (χ0v) is 5.92. The molecule has 0 amide bonds. The average molecular weight is 181 g/mol. The fourth-order valence-corrected chi connectivity index (χ4v) is 0.550. The number of aromatic nitrogens is 2. The highest BCUT2D eigenvalue weighted by Crippen LogP contribution is 2.09. The lowest BCUT2D eigenvalue weighted by Gasteiger charge is -2.00. The van der Waals surface area contributed by atoms with Crippen LogP contribution >= 0.6 is 11.6 Å². The summed E-state index contributed by atoms with van der Waals surface area (Å²) in [4.78, 5) is 6.90. The van der Waals surface area contributed by atoms with Crippen LogP contribution in [0.2, 0.25) is 5.15 Å². The molecule has 1 aromatic heterocycles. The fourth-order valence-electron chi connectivity index (χ4n) is 0.453. The molecule has 0 saturated heterocycles. The Morgan fingerprint density at radius 2 is 2.09 bits per heavy atom. The second kappa shape index (κ2) is 3.43. The molecule has 0 aliphatic heterocycles. The topological polar surface area (TPSA) is 35.0 Å². The van der Waals surface area contributed by atoms with E-state index in [0.29, 0.717) is 0 Å². The van der Waals surface area contributed by atoms with Crippen molar-refractivity contribution >= 4 is 11.6 Å². The van der Waals surface area contributed by atoms with Crippen LogP contribution in [0.25, 0.3) is 0 Å². The first-order valence-electron chi connectivity index (χ1n) is 2.61. The lowest BCUT2D eigenvalue weighted by atomic mass is 10.7. The Morgan fingerprint density at radius 1 is 1.36 bits per heavy atom. The van der Waals surface area contributed by atoms with Crippen molar-refractivity contribution in [1.82, 2.24) is 9.97 Å². The van der Waals surface area contributed by atoms with E-state index in [9.17, 15) is 8.78 Å². The summed E-state index contributed by atoms with van der Waals surface area (Å²) >= 11 is 5.33. The number of hydrogen-bond donors (Lipinski definition) is 0. The second-order valence-corrected chi connectivity index (χ2v) is 1.94. The Labute approximate surface area is 66.0 Å². The van der Waals surface area contributed by atoms with E-state index in [1.165, 1.54) is 0 Å². The molecule has 1 aromatic rings. The van der Waals surface area contributed by atoms with Crippen molar-refractivity contribution < 1.29 is 13.5 Å². The number of halogens is 3. The second-order valence-electron chi connectivity index (χ2n) is 1.56. The first-order chi connectivity index (χ1) is 5.18. The molecular formula is C5H3ClF2N2O. The largest absolute Gasteiger partial charge is 0.415 e. The van der Waals surface area contributed by atoms with E-state index in [-0.39, 0.29) is 11.0 Å². The van der Waals surface area contributed by atoms with E-state index in [1.54, 1.807) is 0 Å². The van der Waals surface area contributed by atoms with E-state index < -0.39 is 6.61 Å². The Hall–Kier alpha value is -0.970. The molecule has 0 saturated carbocycles. The SMILES string of the molecule is FC(F)Oc1cnc(Cl)cn1. The standard InChI is InChI=1S/C5H3ClF2N2O/c6-3-1-10-4(2-9-3)11-5(7)8/h1-2,5H. The van der Waals surface area contributed by atoms with Crippen LogP contribution in [-0.2, 0) is 0 Å². The predicted octanol–water partition coefficient (Wildman–Crippen LogP) is 1.73. The molecule has 0 N–H and O–H groups in total. The summed E-state index contributed by atoms with van der Waals surface area (Å²) in [6, 6.07) is 0. The highest BCUT2D eigenvalue weighted by Gasteiger charge is 2.04. The summed E-state index contributed by atoms with van der Waals surface area (Å²) in [6.45, 7) is -2.88. The van der Waals surface area contributed by atoms with Crippen molar-refractivity contribution in [2.75, 3.05) is 0 Å². The van der Waals surface area contributed by atoms with Crippen LogP contribution in [0.15, 0.2) is 12.4 Å². The molecule has 1 heterocycles. The van der Waals surface area contributed by atoms with Gasteiger partial charge in [-0.15, -0.1) is 0 Å². The van der Waals surface area contributed by atoms with Crippen molar-refractivity contribution in [2.24, 2.45) is 0 Å². The molecule has 6 heteroatoms. The summed E-state index contributed by atoms with van der Waals surface area (Å²) in [6.07, 6.45) is 2.15. The van der Waals surface area contributed by atoms with Gasteiger partial charge in [0, 0.05) is 0 Å². The van der Waals surface area contributed by atoms with Crippen LogP contribution in [0.1, 0.15) is 0 Å². The van der Waals surface area contributed by atoms with Crippen molar-refractivity contribution in [1.29, 1.82) is 0 Å². The van der Waals surface area contributed by atoms with E-state index in [0.717, 1.165) is 12.4 Å². The van der Waals surface area contributed by atoms with E-state index in [2.05, 4.69) is 14.7 Å². The molecular weight excluding hydrogens is 178 g/mol. The van der Waals surface area contributed by atoms with Gasteiger partial charge in [-0.25, -0.2) is 9.97 Å². The van der Waals surface area contributed by atoms with Gasteiger partial charge in [-0.3, -0.25) is 0 Å². The van der Waals surface area contributed by atoms with Gasteiger partial charge in [-0.05, 0) is 0 Å². The first-order valence-corrected chi connectivity index (χ1v) is 2.98. The van der Waals surface area contributed by atoms with Gasteiger partial charge in [0.25, 0.3) is 0 Å². The van der Waals surface area contributed by atoms with Crippen molar-refractivity contribution in [3.63, 3.8) is 0 Å². The molecule has 0 radical (unpaired) electrons. The zero-order valence-electron chi connectivity index (χ0n) is 5.17. The van der Waals surface area contributed by atoms with E-state index in [1.807, 2.05) is 0 Å². The monoisotopic (exact) mass is 180 g/mol. The third-order valence-corrected chi connectivity index (χ3v) is 1.00. The highest BCUT2D eigenvalue weighted by atomic mass is 35.5. The van der Waals surface area contributed by atoms with E-state index >= 15 is 0 Å². The maximum Gasteiger partial charge on any atom is 0.388 e. The molecule has 0 aromatic carbocycles. The number of hydrogen-bond acceptors (Lipinski definition) is 3. The zero-order chi connectivity index (χ0) is 8.27. The minimum Gasteiger partial charge on any atom is -0.415 e. The van der Waals surface area contributed by atoms with Crippen LogP contribution in [0.5, 0.6) is 5.88 Å². The maximum absolute atomic E-state index is 11.5. The molecule has 0 bridgehead atoms. The fraction of sp³-hybridized carbons (Fsp3) is 0.200. The van der Waals surface area contributed by atoms with Gasteiger partial charge in [0.05, 0.1) is 12.4 Å². The Kier molecular flexibility index (Phi) is 2.53. The van der Waals surface area contributed by atoms with Crippen molar-refractivity contribution in [2.45, 2.75) is 6.61 Å². The van der Waals surface area contributed by atoms with Crippen LogP contribution in [0.4, 0.5) is 8.78 Å². The predicted molar refractivity (Wildman–Crippen MR) is 33.7 cm³/mol. The molecule has 3 nitrogen and oxygen atoms in total. The summed E-state index contributed by atoms with van der Waals surface area (Å²) < 4.78 is 26.9. The quantitative estimate of drug-likeness (QED) is 0.695. The van der Waals surface area contributed by atoms with Gasteiger partial charge in [-0.2, -0.15) is 8.78 Å². The first kappa shape index (κ1) is 8.13. The van der Waals surface area contributed by atoms with Gasteiger partial charge in [0.15, 0.2) is 0 Å². The van der Waals surface area contributed by atoms with Crippen molar-refractivity contribution in [3.8, 4) is 5.88 Å². The minimum absolute atomic E-state index is 0.131. The third kappa shape index (κ3) is 2.63. The molecule has 11 heavy (non-hydrogen) atoms. The van der Waals surface area contributed by atoms with Gasteiger partial charge < -0.3 is 4.74 Å². The molecule has 60 valence electrons. The van der Waals surface area contributed by atoms with Crippen LogP contribution in [0, 0.1) is 0 Å². The van der Waals surface area contributed by atoms with Crippen LogP contribution in [0.3, 0.4) is 0 Å². The Balaban J connectivity index is 2.66. The third-order valence-electron chi connectivity index (χ3n) is 0.806. The van der Waals surface area contributed by atoms with Crippen LogP contribution < -0.4 is 4.74 Å². The minimum atomic E-state index is -2.88. The normalized spacial score (nSPS) is 10.2. The molecule has 0 unspecified atom stereocenters. The molecule has 0 fully saturated rings. The average Bonchev–Trinajstić information content (AvgIpc) is 1.93. The van der Waals surface area contributed by atoms with Gasteiger partial charge in [0.1, 0.15) is 5.15 Å². The van der Waals surface area contributed by atoms with Gasteiger partial charge in [-0.1, -0.05) is 11.6 Å². The maximum atomic E-state index is 11.5. The summed E-state index contributed by atoms with van der Waals surface area (Å²) in [7, 11) is 0. The van der Waals surface area contributed by atoms with Gasteiger partial charge >= 0.3 is 6.61 Å². The number of rotatable bonds is 2. The molecule has 0 spiro atoms. The number of nitrogens with zero attached hydrogens (tertiary/aromatic N) is 2. The number of ether oxygens (including phenoxy) is 1. The lowest BCUT2D eigenvalue weighted by Crippen LogP contribution is -2.03. The van der Waals surface area contributed by atoms with Crippen LogP contribution in [-0.4, -0.2) is 16.6 Å². The molecule has 0 aliphatic carbocycles. The van der Waals surface area contributed by atoms with E-state index in [4.69, 9.17) is 11.6 Å². The number of alkyl halides is 2. The summed E-state index contributed by atoms with van der Waals surface area (Å²) in [5.41, 5.74) is 0. The highest BCUT2D eigenvalue weighted by molar-refractivity contribution is 6.29. The molecule has 0 aliphatic rings. The molecule has 1 rings (SSSR count).